The molecule has 1 aliphatic heterocycles. The van der Waals surface area contributed by atoms with Gasteiger partial charge in [0.25, 0.3) is 10.2 Å². The average molecular weight is 411 g/mol. The molecule has 1 heterocycles. The van der Waals surface area contributed by atoms with E-state index in [4.69, 9.17) is 11.6 Å². The van der Waals surface area contributed by atoms with E-state index in [1.807, 2.05) is 18.2 Å². The highest BCUT2D eigenvalue weighted by Crippen LogP contribution is 2.28. The Balaban J connectivity index is 1.70. The van der Waals surface area contributed by atoms with Crippen LogP contribution in [-0.4, -0.2) is 36.7 Å². The maximum Gasteiger partial charge on any atom is 0.282 e. The first-order valence-electron chi connectivity index (χ1n) is 9.09. The molecule has 1 aliphatic rings. The largest absolute Gasteiger partial charge is 0.282 e. The first-order valence-corrected chi connectivity index (χ1v) is 10.9. The van der Waals surface area contributed by atoms with E-state index in [9.17, 15) is 12.8 Å². The standard InChI is InChI=1S/C20H24ClFN2O2S/c1-23(15-18-19(21)10-5-11-20(18)22)27(25,26)24-14-6-9-17(24)13-12-16-7-3-2-4-8-16/h2-5,7-8,10-11,17H,6,9,12-15H2,1H3. The van der Waals surface area contributed by atoms with Gasteiger partial charge in [-0.1, -0.05) is 48.0 Å². The first kappa shape index (κ1) is 20.3. The van der Waals surface area contributed by atoms with Gasteiger partial charge in [-0.3, -0.25) is 0 Å². The smallest absolute Gasteiger partial charge is 0.207 e. The number of halogens is 2. The topological polar surface area (TPSA) is 40.6 Å². The second-order valence-corrected chi connectivity index (χ2v) is 9.29. The van der Waals surface area contributed by atoms with Crippen molar-refractivity contribution >= 4 is 21.8 Å². The fourth-order valence-electron chi connectivity index (χ4n) is 3.55. The van der Waals surface area contributed by atoms with Crippen LogP contribution in [0.1, 0.15) is 30.4 Å². The van der Waals surface area contributed by atoms with Gasteiger partial charge in [-0.2, -0.15) is 17.0 Å². The molecule has 4 nitrogen and oxygen atoms in total. The lowest BCUT2D eigenvalue weighted by molar-refractivity contribution is 0.329. The second kappa shape index (κ2) is 8.69. The normalized spacial score (nSPS) is 18.3. The number of aryl methyl sites for hydroxylation is 1. The predicted octanol–water partition coefficient (Wildman–Crippen LogP) is 4.25. The molecule has 1 unspecified atom stereocenters. The van der Waals surface area contributed by atoms with Crippen molar-refractivity contribution in [3.05, 3.63) is 70.5 Å². The number of hydrogen-bond acceptors (Lipinski definition) is 2. The van der Waals surface area contributed by atoms with Crippen molar-refractivity contribution in [2.24, 2.45) is 0 Å². The SMILES string of the molecule is CN(Cc1c(F)cccc1Cl)S(=O)(=O)N1CCCC1CCc1ccccc1. The molecule has 0 amide bonds. The molecule has 0 N–H and O–H groups in total. The van der Waals surface area contributed by atoms with Crippen LogP contribution in [0, 0.1) is 5.82 Å². The number of benzene rings is 2. The Morgan fingerprint density at radius 2 is 1.93 bits per heavy atom. The molecular formula is C20H24ClFN2O2S. The Bertz CT molecular complexity index is 857. The summed E-state index contributed by atoms with van der Waals surface area (Å²) in [6, 6.07) is 14.4. The molecule has 2 aromatic rings. The van der Waals surface area contributed by atoms with Gasteiger partial charge in [-0.25, -0.2) is 4.39 Å². The van der Waals surface area contributed by atoms with Crippen molar-refractivity contribution in [1.82, 2.24) is 8.61 Å². The first-order chi connectivity index (χ1) is 12.9. The molecule has 7 heteroatoms. The quantitative estimate of drug-likeness (QED) is 0.684. The van der Waals surface area contributed by atoms with Gasteiger partial charge in [0.1, 0.15) is 5.82 Å². The van der Waals surface area contributed by atoms with Gasteiger partial charge in [-0.15, -0.1) is 0 Å². The molecule has 0 bridgehead atoms. The molecule has 1 saturated heterocycles. The fourth-order valence-corrected chi connectivity index (χ4v) is 5.37. The van der Waals surface area contributed by atoms with E-state index >= 15 is 0 Å². The molecule has 0 spiro atoms. The molecule has 146 valence electrons. The van der Waals surface area contributed by atoms with Crippen LogP contribution in [0.15, 0.2) is 48.5 Å². The summed E-state index contributed by atoms with van der Waals surface area (Å²) < 4.78 is 42.9. The summed E-state index contributed by atoms with van der Waals surface area (Å²) in [4.78, 5) is 0. The van der Waals surface area contributed by atoms with Gasteiger partial charge < -0.3 is 0 Å². The van der Waals surface area contributed by atoms with Crippen molar-refractivity contribution in [3.8, 4) is 0 Å². The number of nitrogens with zero attached hydrogens (tertiary/aromatic N) is 2. The Kier molecular flexibility index (Phi) is 6.52. The maximum atomic E-state index is 14.0. The third kappa shape index (κ3) is 4.69. The molecule has 1 atom stereocenters. The van der Waals surface area contributed by atoms with Crippen molar-refractivity contribution < 1.29 is 12.8 Å². The highest BCUT2D eigenvalue weighted by molar-refractivity contribution is 7.86. The van der Waals surface area contributed by atoms with Gasteiger partial charge >= 0.3 is 0 Å². The van der Waals surface area contributed by atoms with Crippen LogP contribution in [0.2, 0.25) is 5.02 Å². The maximum absolute atomic E-state index is 14.0. The van der Waals surface area contributed by atoms with Gasteiger partial charge in [0, 0.05) is 36.8 Å². The van der Waals surface area contributed by atoms with Gasteiger partial charge in [0.2, 0.25) is 0 Å². The Labute approximate surface area is 165 Å². The van der Waals surface area contributed by atoms with E-state index in [1.54, 1.807) is 10.4 Å². The lowest BCUT2D eigenvalue weighted by atomic mass is 10.0. The Hall–Kier alpha value is -1.47. The molecule has 3 rings (SSSR count). The van der Waals surface area contributed by atoms with Crippen LogP contribution >= 0.6 is 11.6 Å². The monoisotopic (exact) mass is 410 g/mol. The molecule has 1 fully saturated rings. The summed E-state index contributed by atoms with van der Waals surface area (Å²) in [6.45, 7) is 0.410. The number of rotatable bonds is 7. The van der Waals surface area contributed by atoms with Crippen molar-refractivity contribution in [2.75, 3.05) is 13.6 Å². The van der Waals surface area contributed by atoms with E-state index in [0.717, 1.165) is 25.7 Å². The minimum atomic E-state index is -3.68. The molecular weight excluding hydrogens is 387 g/mol. The molecule has 27 heavy (non-hydrogen) atoms. The summed E-state index contributed by atoms with van der Waals surface area (Å²) in [5, 5.41) is 0.235. The van der Waals surface area contributed by atoms with Crippen molar-refractivity contribution in [1.29, 1.82) is 0 Å². The highest BCUT2D eigenvalue weighted by Gasteiger charge is 2.36. The zero-order valence-corrected chi connectivity index (χ0v) is 16.9. The van der Waals surface area contributed by atoms with Crippen LogP contribution in [0.4, 0.5) is 4.39 Å². The van der Waals surface area contributed by atoms with Crippen LogP contribution in [0.3, 0.4) is 0 Å². The van der Waals surface area contributed by atoms with Crippen LogP contribution in [-0.2, 0) is 23.2 Å². The van der Waals surface area contributed by atoms with E-state index in [2.05, 4.69) is 12.1 Å². The lowest BCUT2D eigenvalue weighted by Crippen LogP contribution is -2.44. The minimum Gasteiger partial charge on any atom is -0.207 e. The summed E-state index contributed by atoms with van der Waals surface area (Å²) in [6.07, 6.45) is 3.30. The van der Waals surface area contributed by atoms with E-state index in [-0.39, 0.29) is 23.2 Å². The van der Waals surface area contributed by atoms with E-state index in [0.29, 0.717) is 6.54 Å². The summed E-state index contributed by atoms with van der Waals surface area (Å²) in [5.74, 6) is -0.494. The molecule has 0 aliphatic carbocycles. The molecule has 0 radical (unpaired) electrons. The third-order valence-electron chi connectivity index (χ3n) is 5.06. The summed E-state index contributed by atoms with van der Waals surface area (Å²) >= 11 is 6.05. The van der Waals surface area contributed by atoms with Crippen LogP contribution in [0.25, 0.3) is 0 Å². The summed E-state index contributed by atoms with van der Waals surface area (Å²) in [7, 11) is -2.21. The Morgan fingerprint density at radius 3 is 2.63 bits per heavy atom. The van der Waals surface area contributed by atoms with Crippen molar-refractivity contribution in [3.63, 3.8) is 0 Å². The van der Waals surface area contributed by atoms with Crippen LogP contribution < -0.4 is 0 Å². The summed E-state index contributed by atoms with van der Waals surface area (Å²) in [5.41, 5.74) is 1.40. The van der Waals surface area contributed by atoms with Gasteiger partial charge in [-0.05, 0) is 43.4 Å². The minimum absolute atomic E-state index is 0.0336. The Morgan fingerprint density at radius 1 is 1.19 bits per heavy atom. The van der Waals surface area contributed by atoms with Crippen molar-refractivity contribution in [2.45, 2.75) is 38.3 Å². The molecule has 0 saturated carbocycles. The predicted molar refractivity (Wildman–Crippen MR) is 106 cm³/mol. The third-order valence-corrected chi connectivity index (χ3v) is 7.41. The zero-order valence-electron chi connectivity index (χ0n) is 15.3. The highest BCUT2D eigenvalue weighted by atomic mass is 35.5. The van der Waals surface area contributed by atoms with Gasteiger partial charge in [0.05, 0.1) is 0 Å². The molecule has 0 aromatic heterocycles. The average Bonchev–Trinajstić information content (AvgIpc) is 3.13. The van der Waals surface area contributed by atoms with E-state index < -0.39 is 16.0 Å². The zero-order chi connectivity index (χ0) is 19.4. The van der Waals surface area contributed by atoms with Crippen LogP contribution in [0.5, 0.6) is 0 Å². The fraction of sp³-hybridized carbons (Fsp3) is 0.400. The van der Waals surface area contributed by atoms with Gasteiger partial charge in [0.15, 0.2) is 0 Å². The number of hydrogen-bond donors (Lipinski definition) is 0. The lowest BCUT2D eigenvalue weighted by Gasteiger charge is -2.29. The van der Waals surface area contributed by atoms with E-state index in [1.165, 1.54) is 29.0 Å². The molecule has 2 aromatic carbocycles. The second-order valence-electron chi connectivity index (χ2n) is 6.90.